The van der Waals surface area contributed by atoms with Crippen LogP contribution in [0, 0.1) is 11.8 Å². The minimum absolute atomic E-state index is 0.0502. The van der Waals surface area contributed by atoms with E-state index in [1.807, 2.05) is 13.8 Å². The molecule has 192 valence electrons. The zero-order valence-corrected chi connectivity index (χ0v) is 22.4. The van der Waals surface area contributed by atoms with Gasteiger partial charge in [-0.25, -0.2) is 0 Å². The maximum Gasteiger partial charge on any atom is 0.244 e. The van der Waals surface area contributed by atoms with Gasteiger partial charge < -0.3 is 25.4 Å². The lowest BCUT2D eigenvalue weighted by molar-refractivity contribution is -0.142. The molecule has 4 heterocycles. The van der Waals surface area contributed by atoms with E-state index in [1.165, 1.54) is 0 Å². The molecular weight excluding hydrogens is 524 g/mol. The van der Waals surface area contributed by atoms with Crippen LogP contribution < -0.4 is 10.6 Å². The van der Waals surface area contributed by atoms with Crippen LogP contribution in [0.2, 0.25) is 0 Å². The molecule has 3 amide bonds. The number of thioether (sulfide) groups is 1. The van der Waals surface area contributed by atoms with E-state index in [-0.39, 0.29) is 34.4 Å². The lowest BCUT2D eigenvalue weighted by atomic mass is 9.70. The van der Waals surface area contributed by atoms with Crippen LogP contribution in [0.4, 0.5) is 0 Å². The van der Waals surface area contributed by atoms with Gasteiger partial charge in [0, 0.05) is 42.8 Å². The van der Waals surface area contributed by atoms with Crippen molar-refractivity contribution in [2.45, 2.75) is 60.0 Å². The van der Waals surface area contributed by atoms with Crippen molar-refractivity contribution < 1.29 is 24.2 Å². The average molecular weight is 562 g/mol. The third kappa shape index (κ3) is 4.51. The zero-order chi connectivity index (χ0) is 24.5. The van der Waals surface area contributed by atoms with E-state index in [2.05, 4.69) is 31.5 Å². The maximum atomic E-state index is 13.9. The van der Waals surface area contributed by atoms with Crippen LogP contribution in [0.25, 0.3) is 0 Å². The Morgan fingerprint density at radius 3 is 2.59 bits per heavy atom. The van der Waals surface area contributed by atoms with E-state index in [0.717, 1.165) is 26.1 Å². The van der Waals surface area contributed by atoms with Gasteiger partial charge in [0.1, 0.15) is 6.04 Å². The van der Waals surface area contributed by atoms with Gasteiger partial charge >= 0.3 is 0 Å². The summed E-state index contributed by atoms with van der Waals surface area (Å²) >= 11 is 5.40. The molecule has 1 spiro atoms. The average Bonchev–Trinajstić information content (AvgIpc) is 3.43. The van der Waals surface area contributed by atoms with Gasteiger partial charge in [0.25, 0.3) is 0 Å². The fourth-order valence-corrected chi connectivity index (χ4v) is 9.70. The molecule has 4 fully saturated rings. The van der Waals surface area contributed by atoms with Crippen molar-refractivity contribution in [3.8, 4) is 0 Å². The molecule has 0 aliphatic carbocycles. The number of alkyl halides is 1. The van der Waals surface area contributed by atoms with E-state index >= 15 is 0 Å². The lowest BCUT2D eigenvalue weighted by Gasteiger charge is -2.37. The Balaban J connectivity index is 1.58. The van der Waals surface area contributed by atoms with Gasteiger partial charge in [-0.2, -0.15) is 0 Å². The molecule has 4 aliphatic heterocycles. The highest BCUT2D eigenvalue weighted by molar-refractivity contribution is 9.09. The molecule has 7 atom stereocenters. The van der Waals surface area contributed by atoms with Crippen molar-refractivity contribution >= 4 is 45.4 Å². The number of halogens is 1. The number of aliphatic hydroxyl groups excluding tert-OH is 1. The van der Waals surface area contributed by atoms with Gasteiger partial charge in [0.2, 0.25) is 17.7 Å². The number of nitrogens with one attached hydrogen (secondary N) is 2. The van der Waals surface area contributed by atoms with E-state index in [4.69, 9.17) is 4.74 Å². The second-order valence-corrected chi connectivity index (χ2v) is 12.4. The second kappa shape index (κ2) is 11.0. The fraction of sp³-hybridized carbons (Fsp3) is 0.870. The maximum absolute atomic E-state index is 13.9. The van der Waals surface area contributed by atoms with E-state index in [0.29, 0.717) is 39.1 Å². The third-order valence-corrected chi connectivity index (χ3v) is 11.0. The quantitative estimate of drug-likeness (QED) is 0.327. The van der Waals surface area contributed by atoms with Crippen LogP contribution in [0.3, 0.4) is 0 Å². The molecule has 0 radical (unpaired) electrons. The number of hydrogen-bond donors (Lipinski definition) is 3. The van der Waals surface area contributed by atoms with Crippen molar-refractivity contribution in [1.82, 2.24) is 20.4 Å². The number of hydrogen-bond acceptors (Lipinski definition) is 7. The summed E-state index contributed by atoms with van der Waals surface area (Å²) in [6, 6.07) is -1.15. The molecule has 4 saturated heterocycles. The molecule has 0 aromatic rings. The number of morpholine rings is 1. The van der Waals surface area contributed by atoms with Gasteiger partial charge in [-0.3, -0.25) is 19.3 Å². The summed E-state index contributed by atoms with van der Waals surface area (Å²) in [7, 11) is 0. The third-order valence-electron chi connectivity index (χ3n) is 7.73. The van der Waals surface area contributed by atoms with Crippen LogP contribution in [0.15, 0.2) is 0 Å². The van der Waals surface area contributed by atoms with Crippen LogP contribution in [-0.2, 0) is 19.1 Å². The molecule has 4 rings (SSSR count). The Morgan fingerprint density at radius 2 is 1.94 bits per heavy atom. The molecule has 9 nitrogen and oxygen atoms in total. The molecular formula is C23H37BrN4O5S. The number of ether oxygens (including phenoxy) is 1. The summed E-state index contributed by atoms with van der Waals surface area (Å²) in [5, 5.41) is 16.1. The predicted octanol–water partition coefficient (Wildman–Crippen LogP) is 0.197. The lowest BCUT2D eigenvalue weighted by Crippen LogP contribution is -2.57. The van der Waals surface area contributed by atoms with E-state index < -0.39 is 28.7 Å². The summed E-state index contributed by atoms with van der Waals surface area (Å²) in [6.07, 6.45) is 2.01. The van der Waals surface area contributed by atoms with Gasteiger partial charge in [0.05, 0.1) is 42.4 Å². The fourth-order valence-electron chi connectivity index (χ4n) is 6.10. The van der Waals surface area contributed by atoms with Crippen LogP contribution >= 0.6 is 27.7 Å². The van der Waals surface area contributed by atoms with Gasteiger partial charge in [-0.05, 0) is 19.3 Å². The van der Waals surface area contributed by atoms with Crippen molar-refractivity contribution in [2.75, 3.05) is 52.5 Å². The minimum Gasteiger partial charge on any atom is -0.394 e. The molecule has 0 saturated carbocycles. The smallest absolute Gasteiger partial charge is 0.244 e. The number of amides is 3. The second-order valence-electron chi connectivity index (χ2n) is 9.69. The normalized spacial score (nSPS) is 35.9. The number of carbonyl (C=O) groups is 3. The molecule has 0 aromatic heterocycles. The highest BCUT2D eigenvalue weighted by Crippen LogP contribution is 2.67. The molecule has 0 aromatic carbocycles. The van der Waals surface area contributed by atoms with Crippen molar-refractivity contribution in [3.63, 3.8) is 0 Å². The summed E-state index contributed by atoms with van der Waals surface area (Å²) in [6.45, 7) is 8.56. The first-order valence-electron chi connectivity index (χ1n) is 12.5. The zero-order valence-electron chi connectivity index (χ0n) is 20.0. The van der Waals surface area contributed by atoms with Crippen molar-refractivity contribution in [1.29, 1.82) is 0 Å². The summed E-state index contributed by atoms with van der Waals surface area (Å²) in [5.74, 6) is -1.48. The van der Waals surface area contributed by atoms with E-state index in [9.17, 15) is 19.5 Å². The SMILES string of the molecule is CCCNC(=O)[C@H]1[C@@H]2SC3(CC2Br)C(C(=O)NCCN2CCOCC2)N([C@@H](CC)CO)C(=O)[C@H]13. The molecule has 2 bridgehead atoms. The molecule has 3 unspecified atom stereocenters. The minimum atomic E-state index is -0.703. The monoisotopic (exact) mass is 560 g/mol. The number of aliphatic hydroxyl groups is 1. The summed E-state index contributed by atoms with van der Waals surface area (Å²) in [4.78, 5) is 44.7. The number of rotatable bonds is 10. The van der Waals surface area contributed by atoms with Crippen LogP contribution in [0.5, 0.6) is 0 Å². The number of carbonyl (C=O) groups excluding carboxylic acids is 3. The molecule has 11 heteroatoms. The molecule has 34 heavy (non-hydrogen) atoms. The first-order valence-corrected chi connectivity index (χ1v) is 14.3. The predicted molar refractivity (Wildman–Crippen MR) is 134 cm³/mol. The van der Waals surface area contributed by atoms with Gasteiger partial charge in [-0.1, -0.05) is 29.8 Å². The Bertz CT molecular complexity index is 780. The Labute approximate surface area is 214 Å². The van der Waals surface area contributed by atoms with Gasteiger partial charge in [-0.15, -0.1) is 11.8 Å². The molecule has 3 N–H and O–H groups in total. The Morgan fingerprint density at radius 1 is 1.24 bits per heavy atom. The topological polar surface area (TPSA) is 111 Å². The van der Waals surface area contributed by atoms with Crippen LogP contribution in [-0.4, -0.2) is 112 Å². The number of fused-ring (bicyclic) bond motifs is 1. The number of nitrogens with zero attached hydrogens (tertiary/aromatic N) is 2. The van der Waals surface area contributed by atoms with Gasteiger partial charge in [0.15, 0.2) is 0 Å². The van der Waals surface area contributed by atoms with Crippen LogP contribution in [0.1, 0.15) is 33.1 Å². The Hall–Kier alpha value is -0.880. The van der Waals surface area contributed by atoms with E-state index in [1.54, 1.807) is 16.7 Å². The highest BCUT2D eigenvalue weighted by Gasteiger charge is 2.76. The highest BCUT2D eigenvalue weighted by atomic mass is 79.9. The standard InChI is InChI=1S/C23H37BrN4O5S/c1-3-5-25-20(30)16-17-22(32)28(14(4-2)13-29)19(23(17)12-15(24)18(16)34-23)21(31)26-6-7-27-8-10-33-11-9-27/h14-19,29H,3-13H2,1-2H3,(H,25,30)(H,26,31)/t14-,15?,16+,17-,18+,19?,23?/m0/s1. The molecule has 4 aliphatic rings. The Kier molecular flexibility index (Phi) is 8.49. The van der Waals surface area contributed by atoms with Crippen molar-refractivity contribution in [2.24, 2.45) is 11.8 Å². The first-order chi connectivity index (χ1) is 16.4. The largest absolute Gasteiger partial charge is 0.394 e. The number of likely N-dealkylation sites (tertiary alicyclic amines) is 1. The summed E-state index contributed by atoms with van der Waals surface area (Å²) < 4.78 is 4.72. The van der Waals surface area contributed by atoms with Crippen molar-refractivity contribution in [3.05, 3.63) is 0 Å². The first kappa shape index (κ1) is 26.2. The summed E-state index contributed by atoms with van der Waals surface area (Å²) in [5.41, 5.74) is 0.